The molecule has 3 amide bonds. The quantitative estimate of drug-likeness (QED) is 0.694. The second kappa shape index (κ2) is 9.80. The molecule has 1 fully saturated rings. The van der Waals surface area contributed by atoms with Crippen LogP contribution in [-0.4, -0.2) is 41.5 Å². The van der Waals surface area contributed by atoms with Gasteiger partial charge in [-0.25, -0.2) is 0 Å². The fraction of sp³-hybridized carbons (Fsp3) is 0.348. The molecule has 0 aliphatic carbocycles. The highest BCUT2D eigenvalue weighted by Gasteiger charge is 2.29. The third-order valence-electron chi connectivity index (χ3n) is 5.06. The topological polar surface area (TPSA) is 92.5 Å². The van der Waals surface area contributed by atoms with E-state index in [1.165, 1.54) is 11.8 Å². The first-order chi connectivity index (χ1) is 14.3. The van der Waals surface area contributed by atoms with Crippen LogP contribution in [0.5, 0.6) is 0 Å². The van der Waals surface area contributed by atoms with Crippen LogP contribution in [0.25, 0.3) is 0 Å². The number of hydrogen-bond acceptors (Lipinski definition) is 4. The van der Waals surface area contributed by atoms with Crippen molar-refractivity contribution in [3.8, 4) is 0 Å². The molecule has 2 aromatic carbocycles. The molecule has 1 saturated heterocycles. The molecule has 158 valence electrons. The van der Waals surface area contributed by atoms with Crippen molar-refractivity contribution >= 4 is 35.2 Å². The number of piperidine rings is 1. The van der Waals surface area contributed by atoms with E-state index in [2.05, 4.69) is 5.32 Å². The smallest absolute Gasteiger partial charge is 0.253 e. The summed E-state index contributed by atoms with van der Waals surface area (Å²) in [7, 11) is 0. The molecule has 0 spiro atoms. The van der Waals surface area contributed by atoms with Crippen LogP contribution in [0.4, 0.5) is 5.69 Å². The van der Waals surface area contributed by atoms with E-state index in [0.717, 1.165) is 28.9 Å². The Morgan fingerprint density at radius 1 is 1.13 bits per heavy atom. The Morgan fingerprint density at radius 2 is 1.83 bits per heavy atom. The molecule has 7 heteroatoms. The van der Waals surface area contributed by atoms with Crippen LogP contribution in [0.2, 0.25) is 0 Å². The normalized spacial score (nSPS) is 16.2. The summed E-state index contributed by atoms with van der Waals surface area (Å²) in [5.74, 6) is -0.678. The summed E-state index contributed by atoms with van der Waals surface area (Å²) in [6.07, 6.45) is 1.52. The van der Waals surface area contributed by atoms with Crippen LogP contribution < -0.4 is 11.1 Å². The van der Waals surface area contributed by atoms with Gasteiger partial charge in [0.15, 0.2) is 0 Å². The average Bonchev–Trinajstić information content (AvgIpc) is 2.72. The van der Waals surface area contributed by atoms with Crippen LogP contribution in [-0.2, 0) is 9.59 Å². The molecule has 2 aromatic rings. The van der Waals surface area contributed by atoms with Crippen LogP contribution >= 0.6 is 11.8 Å². The summed E-state index contributed by atoms with van der Waals surface area (Å²) in [6, 6.07) is 13.2. The molecule has 1 heterocycles. The number of nitrogens with one attached hydrogen (secondary N) is 1. The lowest BCUT2D eigenvalue weighted by atomic mass is 9.96. The molecule has 6 nitrogen and oxygen atoms in total. The first-order valence-electron chi connectivity index (χ1n) is 10.0. The predicted octanol–water partition coefficient (Wildman–Crippen LogP) is 3.37. The Bertz CT molecular complexity index is 940. The molecule has 1 aliphatic rings. The van der Waals surface area contributed by atoms with Crippen LogP contribution in [0.1, 0.15) is 34.3 Å². The number of anilines is 1. The Morgan fingerprint density at radius 3 is 2.53 bits per heavy atom. The molecule has 0 bridgehead atoms. The number of carbonyl (C=O) groups excluding carboxylic acids is 3. The number of amides is 3. The summed E-state index contributed by atoms with van der Waals surface area (Å²) in [4.78, 5) is 39.6. The largest absolute Gasteiger partial charge is 0.369 e. The Kier molecular flexibility index (Phi) is 7.15. The Balaban J connectivity index is 1.67. The minimum Gasteiger partial charge on any atom is -0.369 e. The number of nitrogens with two attached hydrogens (primary N) is 1. The number of aryl methyl sites for hydroxylation is 2. The molecular formula is C23H27N3O3S. The number of benzene rings is 2. The zero-order chi connectivity index (χ0) is 21.7. The maximum absolute atomic E-state index is 13.0. The van der Waals surface area contributed by atoms with Crippen molar-refractivity contribution in [1.29, 1.82) is 0 Å². The van der Waals surface area contributed by atoms with E-state index in [4.69, 9.17) is 5.73 Å². The van der Waals surface area contributed by atoms with Gasteiger partial charge in [-0.05, 0) is 51.0 Å². The molecule has 30 heavy (non-hydrogen) atoms. The second-order valence-corrected chi connectivity index (χ2v) is 8.72. The van der Waals surface area contributed by atoms with Gasteiger partial charge in [-0.3, -0.25) is 14.4 Å². The summed E-state index contributed by atoms with van der Waals surface area (Å²) in [5, 5.41) is 2.97. The Hall–Kier alpha value is -2.80. The van der Waals surface area contributed by atoms with E-state index in [0.29, 0.717) is 24.3 Å². The third kappa shape index (κ3) is 5.63. The highest BCUT2D eigenvalue weighted by molar-refractivity contribution is 8.00. The van der Waals surface area contributed by atoms with Crippen LogP contribution in [0, 0.1) is 19.8 Å². The average molecular weight is 426 g/mol. The SMILES string of the molecule is Cc1cc(C)cc(C(=O)N2CCCC(C(=O)Nc3ccccc3SCC(N)=O)C2)c1. The third-order valence-corrected chi connectivity index (χ3v) is 6.16. The number of likely N-dealkylation sites (tertiary alicyclic amines) is 1. The van der Waals surface area contributed by atoms with Gasteiger partial charge in [0, 0.05) is 23.5 Å². The van der Waals surface area contributed by atoms with E-state index in [-0.39, 0.29) is 23.5 Å². The zero-order valence-corrected chi connectivity index (χ0v) is 18.1. The first-order valence-corrected chi connectivity index (χ1v) is 11.0. The molecule has 3 N–H and O–H groups in total. The van der Waals surface area contributed by atoms with E-state index in [9.17, 15) is 14.4 Å². The van der Waals surface area contributed by atoms with Gasteiger partial charge in [-0.15, -0.1) is 11.8 Å². The fourth-order valence-electron chi connectivity index (χ4n) is 3.74. The van der Waals surface area contributed by atoms with Gasteiger partial charge < -0.3 is 16.0 Å². The van der Waals surface area contributed by atoms with Gasteiger partial charge in [-0.2, -0.15) is 0 Å². The van der Waals surface area contributed by atoms with E-state index < -0.39 is 5.91 Å². The molecule has 1 atom stereocenters. The number of carbonyl (C=O) groups is 3. The molecule has 0 radical (unpaired) electrons. The number of para-hydroxylation sites is 1. The number of rotatable bonds is 6. The fourth-order valence-corrected chi connectivity index (χ4v) is 4.48. The predicted molar refractivity (Wildman–Crippen MR) is 120 cm³/mol. The van der Waals surface area contributed by atoms with E-state index in [1.54, 1.807) is 4.90 Å². The van der Waals surface area contributed by atoms with Crippen LogP contribution in [0.3, 0.4) is 0 Å². The van der Waals surface area contributed by atoms with E-state index >= 15 is 0 Å². The molecule has 0 saturated carbocycles. The number of thioether (sulfide) groups is 1. The van der Waals surface area contributed by atoms with Gasteiger partial charge in [0.2, 0.25) is 11.8 Å². The van der Waals surface area contributed by atoms with Crippen molar-refractivity contribution in [2.75, 3.05) is 24.2 Å². The van der Waals surface area contributed by atoms with Crippen molar-refractivity contribution in [3.05, 3.63) is 59.2 Å². The van der Waals surface area contributed by atoms with Gasteiger partial charge in [0.25, 0.3) is 5.91 Å². The summed E-state index contributed by atoms with van der Waals surface area (Å²) in [6.45, 7) is 5.00. The molecule has 0 aromatic heterocycles. The lowest BCUT2D eigenvalue weighted by Crippen LogP contribution is -2.43. The summed E-state index contributed by atoms with van der Waals surface area (Å²) >= 11 is 1.30. The maximum Gasteiger partial charge on any atom is 0.253 e. The number of primary amides is 1. The minimum atomic E-state index is -0.408. The zero-order valence-electron chi connectivity index (χ0n) is 17.3. The van der Waals surface area contributed by atoms with Crippen molar-refractivity contribution in [2.24, 2.45) is 11.7 Å². The highest BCUT2D eigenvalue weighted by atomic mass is 32.2. The number of nitrogens with zero attached hydrogens (tertiary/aromatic N) is 1. The number of hydrogen-bond donors (Lipinski definition) is 2. The van der Waals surface area contributed by atoms with Gasteiger partial charge in [0.1, 0.15) is 0 Å². The highest BCUT2D eigenvalue weighted by Crippen LogP contribution is 2.28. The standard InChI is InChI=1S/C23H27N3O3S/c1-15-10-16(2)12-18(11-15)23(29)26-9-5-6-17(13-26)22(28)25-19-7-3-4-8-20(19)30-14-21(24)27/h3-4,7-8,10-12,17H,5-6,9,13-14H2,1-2H3,(H2,24,27)(H,25,28). The molecule has 1 aliphatic heterocycles. The van der Waals surface area contributed by atoms with Crippen LogP contribution in [0.15, 0.2) is 47.4 Å². The molecule has 3 rings (SSSR count). The van der Waals surface area contributed by atoms with Gasteiger partial charge in [-0.1, -0.05) is 29.3 Å². The lowest BCUT2D eigenvalue weighted by Gasteiger charge is -2.32. The Labute approximate surface area is 181 Å². The second-order valence-electron chi connectivity index (χ2n) is 7.71. The van der Waals surface area contributed by atoms with Crippen molar-refractivity contribution in [1.82, 2.24) is 4.90 Å². The van der Waals surface area contributed by atoms with Gasteiger partial charge in [0.05, 0.1) is 17.4 Å². The maximum atomic E-state index is 13.0. The molecular weight excluding hydrogens is 398 g/mol. The summed E-state index contributed by atoms with van der Waals surface area (Å²) in [5.41, 5.74) is 8.66. The molecule has 1 unspecified atom stereocenters. The van der Waals surface area contributed by atoms with Crippen molar-refractivity contribution < 1.29 is 14.4 Å². The van der Waals surface area contributed by atoms with Crippen molar-refractivity contribution in [3.63, 3.8) is 0 Å². The first kappa shape index (κ1) is 21.9. The van der Waals surface area contributed by atoms with Crippen molar-refractivity contribution in [2.45, 2.75) is 31.6 Å². The van der Waals surface area contributed by atoms with Gasteiger partial charge >= 0.3 is 0 Å². The minimum absolute atomic E-state index is 0.0308. The monoisotopic (exact) mass is 425 g/mol. The lowest BCUT2D eigenvalue weighted by molar-refractivity contribution is -0.121. The van der Waals surface area contributed by atoms with E-state index in [1.807, 2.05) is 56.3 Å². The summed E-state index contributed by atoms with van der Waals surface area (Å²) < 4.78 is 0.